The number of urea groups is 1. The van der Waals surface area contributed by atoms with E-state index in [1.165, 1.54) is 17.8 Å². The fourth-order valence-electron chi connectivity index (χ4n) is 3.38. The van der Waals surface area contributed by atoms with E-state index in [1.807, 2.05) is 17.5 Å². The molecule has 2 aromatic heterocycles. The Kier molecular flexibility index (Phi) is 6.16. The Bertz CT molecular complexity index is 804. The number of aromatic nitrogens is 2. The number of ether oxygens (including phenoxy) is 1. The number of thiophene rings is 1. The summed E-state index contributed by atoms with van der Waals surface area (Å²) in [7, 11) is 0. The molecule has 0 radical (unpaired) electrons. The molecule has 0 spiro atoms. The zero-order chi connectivity index (χ0) is 19.3. The van der Waals surface area contributed by atoms with Gasteiger partial charge in [-0.15, -0.1) is 33.3 Å². The van der Waals surface area contributed by atoms with Crippen LogP contribution < -0.4 is 5.32 Å². The number of rotatable bonds is 5. The van der Waals surface area contributed by atoms with Gasteiger partial charge in [0.2, 0.25) is 0 Å². The third kappa shape index (κ3) is 4.49. The lowest BCUT2D eigenvalue weighted by Gasteiger charge is -2.28. The second-order valence-electron chi connectivity index (χ2n) is 6.86. The van der Waals surface area contributed by atoms with Crippen molar-refractivity contribution in [3.8, 4) is 10.8 Å². The summed E-state index contributed by atoms with van der Waals surface area (Å²) in [6, 6.07) is 3.21. The minimum absolute atomic E-state index is 0.101. The summed E-state index contributed by atoms with van der Waals surface area (Å²) in [6.45, 7) is -0.101. The first-order valence-electron chi connectivity index (χ1n) is 9.38. The van der Waals surface area contributed by atoms with Crippen LogP contribution in [0.15, 0.2) is 21.9 Å². The Morgan fingerprint density at radius 1 is 1.29 bits per heavy atom. The average molecular weight is 423 g/mol. The van der Waals surface area contributed by atoms with Crippen molar-refractivity contribution < 1.29 is 18.7 Å². The summed E-state index contributed by atoms with van der Waals surface area (Å²) in [5.41, 5.74) is 0. The Morgan fingerprint density at radius 2 is 2.14 bits per heavy atom. The molecule has 4 rings (SSSR count). The molecule has 0 unspecified atom stereocenters. The van der Waals surface area contributed by atoms with E-state index in [0.717, 1.165) is 30.6 Å². The number of amides is 2. The molecule has 2 aliphatic rings. The first-order valence-corrected chi connectivity index (χ1v) is 11.4. The summed E-state index contributed by atoms with van der Waals surface area (Å²) in [5, 5.41) is 12.9. The van der Waals surface area contributed by atoms with Crippen LogP contribution in [0, 0.1) is 0 Å². The third-order valence-electron chi connectivity index (χ3n) is 4.88. The van der Waals surface area contributed by atoms with Gasteiger partial charge in [-0.2, -0.15) is 0 Å². The number of carbonyl (C=O) groups excluding carboxylic acids is 2. The molecule has 0 bridgehead atoms. The van der Waals surface area contributed by atoms with Gasteiger partial charge in [0.15, 0.2) is 6.61 Å². The van der Waals surface area contributed by atoms with Crippen molar-refractivity contribution in [3.05, 3.63) is 23.4 Å². The van der Waals surface area contributed by atoms with Crippen LogP contribution in [0.25, 0.3) is 10.8 Å². The molecule has 2 amide bonds. The number of thioether (sulfide) groups is 1. The molecule has 2 aromatic rings. The molecule has 8 nitrogen and oxygen atoms in total. The maximum absolute atomic E-state index is 12.6. The van der Waals surface area contributed by atoms with Crippen molar-refractivity contribution in [2.75, 3.05) is 11.6 Å². The predicted molar refractivity (Wildman–Crippen MR) is 106 cm³/mol. The van der Waals surface area contributed by atoms with Crippen LogP contribution in [0.3, 0.4) is 0 Å². The van der Waals surface area contributed by atoms with Gasteiger partial charge in [-0.1, -0.05) is 25.3 Å². The van der Waals surface area contributed by atoms with Gasteiger partial charge in [0.1, 0.15) is 6.04 Å². The lowest BCUT2D eigenvalue weighted by Crippen LogP contribution is -2.50. The van der Waals surface area contributed by atoms with Gasteiger partial charge in [0.05, 0.1) is 10.8 Å². The molecule has 10 heteroatoms. The Balaban J connectivity index is 1.30. The number of hydrogen-bond acceptors (Lipinski definition) is 8. The summed E-state index contributed by atoms with van der Waals surface area (Å²) in [5.74, 6) is 1.22. The molecule has 28 heavy (non-hydrogen) atoms. The molecular formula is C18H22N4O4S2. The third-order valence-corrected chi connectivity index (χ3v) is 6.75. The maximum Gasteiger partial charge on any atom is 0.330 e. The van der Waals surface area contributed by atoms with E-state index in [1.54, 1.807) is 16.7 Å². The minimum Gasteiger partial charge on any atom is -0.454 e. The highest BCUT2D eigenvalue weighted by Crippen LogP contribution is 2.25. The topological polar surface area (TPSA) is 97.6 Å². The average Bonchev–Trinajstić information content (AvgIpc) is 3.48. The molecular weight excluding hydrogens is 400 g/mol. The van der Waals surface area contributed by atoms with Crippen molar-refractivity contribution in [1.29, 1.82) is 0 Å². The summed E-state index contributed by atoms with van der Waals surface area (Å²) < 4.78 is 10.9. The number of nitrogens with zero attached hydrogens (tertiary/aromatic N) is 3. The van der Waals surface area contributed by atoms with Gasteiger partial charge in [0, 0.05) is 11.8 Å². The Morgan fingerprint density at radius 3 is 2.93 bits per heavy atom. The monoisotopic (exact) mass is 422 g/mol. The fourth-order valence-corrected chi connectivity index (χ4v) is 5.17. The number of carbonyl (C=O) groups is 2. The molecule has 3 heterocycles. The van der Waals surface area contributed by atoms with Gasteiger partial charge in [-0.25, -0.2) is 9.59 Å². The summed E-state index contributed by atoms with van der Waals surface area (Å²) in [4.78, 5) is 27.5. The van der Waals surface area contributed by atoms with Crippen molar-refractivity contribution in [2.24, 2.45) is 0 Å². The van der Waals surface area contributed by atoms with Gasteiger partial charge < -0.3 is 19.4 Å². The van der Waals surface area contributed by atoms with E-state index >= 15 is 0 Å². The van der Waals surface area contributed by atoms with Crippen molar-refractivity contribution in [3.63, 3.8) is 0 Å². The molecule has 1 aliphatic carbocycles. The molecule has 0 aromatic carbocycles. The standard InChI is InChI=1S/C18H22N4O4S2/c23-17(25-9-15-20-21-16(26-15)14-7-4-8-28-14)13-10-27-11-22(13)18(24)19-12-5-2-1-3-6-12/h4,7-8,12-13H,1-3,5-6,9-11H2,(H,19,24)/t13-/m0/s1. The van der Waals surface area contributed by atoms with E-state index in [4.69, 9.17) is 9.15 Å². The smallest absolute Gasteiger partial charge is 0.330 e. The second kappa shape index (κ2) is 8.95. The lowest BCUT2D eigenvalue weighted by atomic mass is 9.96. The highest BCUT2D eigenvalue weighted by atomic mass is 32.2. The first kappa shape index (κ1) is 19.3. The van der Waals surface area contributed by atoms with Gasteiger partial charge in [-0.05, 0) is 24.3 Å². The van der Waals surface area contributed by atoms with E-state index in [2.05, 4.69) is 15.5 Å². The lowest BCUT2D eigenvalue weighted by molar-refractivity contribution is -0.149. The van der Waals surface area contributed by atoms with Crippen molar-refractivity contribution >= 4 is 35.1 Å². The van der Waals surface area contributed by atoms with Crippen LogP contribution in [-0.2, 0) is 16.1 Å². The zero-order valence-corrected chi connectivity index (χ0v) is 17.0. The molecule has 1 N–H and O–H groups in total. The molecule has 150 valence electrons. The molecule has 1 atom stereocenters. The summed E-state index contributed by atoms with van der Waals surface area (Å²) in [6.07, 6.45) is 5.52. The van der Waals surface area contributed by atoms with Gasteiger partial charge in [0.25, 0.3) is 11.8 Å². The predicted octanol–water partition coefficient (Wildman–Crippen LogP) is 3.26. The zero-order valence-electron chi connectivity index (χ0n) is 15.3. The fraction of sp³-hybridized carbons (Fsp3) is 0.556. The Labute approximate surface area is 171 Å². The van der Waals surface area contributed by atoms with Crippen molar-refractivity contribution in [1.82, 2.24) is 20.4 Å². The quantitative estimate of drug-likeness (QED) is 0.739. The van der Waals surface area contributed by atoms with E-state index in [9.17, 15) is 9.59 Å². The molecule has 1 saturated heterocycles. The first-order chi connectivity index (χ1) is 13.7. The molecule has 1 saturated carbocycles. The highest BCUT2D eigenvalue weighted by molar-refractivity contribution is 7.99. The van der Waals surface area contributed by atoms with Crippen LogP contribution in [0.4, 0.5) is 4.79 Å². The van der Waals surface area contributed by atoms with Gasteiger partial charge >= 0.3 is 12.0 Å². The van der Waals surface area contributed by atoms with E-state index < -0.39 is 12.0 Å². The second-order valence-corrected chi connectivity index (χ2v) is 8.80. The number of esters is 1. The van der Waals surface area contributed by atoms with Crippen LogP contribution in [0.1, 0.15) is 38.0 Å². The van der Waals surface area contributed by atoms with Crippen molar-refractivity contribution in [2.45, 2.75) is 50.8 Å². The Hall–Kier alpha value is -2.07. The van der Waals surface area contributed by atoms with E-state index in [0.29, 0.717) is 17.5 Å². The SMILES string of the molecule is O=C(OCc1nnc(-c2cccs2)o1)[C@@H]1CSCN1C(=O)NC1CCCCC1. The van der Waals surface area contributed by atoms with Crippen LogP contribution in [0.2, 0.25) is 0 Å². The van der Waals surface area contributed by atoms with Crippen LogP contribution in [0.5, 0.6) is 0 Å². The number of hydrogen-bond donors (Lipinski definition) is 1. The van der Waals surface area contributed by atoms with Crippen LogP contribution >= 0.6 is 23.1 Å². The van der Waals surface area contributed by atoms with E-state index in [-0.39, 0.29) is 24.6 Å². The minimum atomic E-state index is -0.590. The van der Waals surface area contributed by atoms with Gasteiger partial charge in [-0.3, -0.25) is 0 Å². The molecule has 2 fully saturated rings. The largest absolute Gasteiger partial charge is 0.454 e. The maximum atomic E-state index is 12.6. The summed E-state index contributed by atoms with van der Waals surface area (Å²) >= 11 is 3.04. The highest BCUT2D eigenvalue weighted by Gasteiger charge is 2.36. The van der Waals surface area contributed by atoms with Crippen LogP contribution in [-0.4, -0.2) is 50.8 Å². The normalized spacial score (nSPS) is 20.3. The number of nitrogens with one attached hydrogen (secondary N) is 1. The molecule has 1 aliphatic heterocycles.